The Bertz CT molecular complexity index is 1330. The number of anilines is 2. The number of hydrogen-bond acceptors (Lipinski definition) is 9. The topological polar surface area (TPSA) is 121 Å². The molecule has 0 spiro atoms. The Balaban J connectivity index is 1.80. The van der Waals surface area contributed by atoms with Crippen LogP contribution in [-0.4, -0.2) is 49.8 Å². The fourth-order valence-electron chi connectivity index (χ4n) is 3.48. The first-order valence-corrected chi connectivity index (χ1v) is 11.9. The van der Waals surface area contributed by atoms with E-state index in [0.717, 1.165) is 20.7 Å². The van der Waals surface area contributed by atoms with Gasteiger partial charge in [-0.1, -0.05) is 12.1 Å². The molecule has 4 aromatic rings. The molecule has 11 heteroatoms. The van der Waals surface area contributed by atoms with E-state index in [1.165, 1.54) is 0 Å². The summed E-state index contributed by atoms with van der Waals surface area (Å²) in [4.78, 5) is 27.6. The van der Waals surface area contributed by atoms with Crippen molar-refractivity contribution in [2.24, 2.45) is 0 Å². The Morgan fingerprint density at radius 3 is 2.43 bits per heavy atom. The molecule has 0 saturated carbocycles. The molecule has 1 aromatic carbocycles. The summed E-state index contributed by atoms with van der Waals surface area (Å²) in [6.45, 7) is 5.99. The van der Waals surface area contributed by atoms with Crippen LogP contribution in [0, 0.1) is 3.70 Å². The van der Waals surface area contributed by atoms with Crippen LogP contribution >= 0.6 is 22.6 Å². The van der Waals surface area contributed by atoms with Crippen molar-refractivity contribution < 1.29 is 14.3 Å². The zero-order valence-corrected chi connectivity index (χ0v) is 22.1. The average Bonchev–Trinajstić information content (AvgIpc) is 3.18. The van der Waals surface area contributed by atoms with Gasteiger partial charge >= 0.3 is 5.97 Å². The number of nitrogens with zero attached hydrogens (tertiary/aromatic N) is 6. The van der Waals surface area contributed by atoms with Crippen LogP contribution in [-0.2, 0) is 16.1 Å². The van der Waals surface area contributed by atoms with Crippen LogP contribution in [0.2, 0.25) is 0 Å². The second-order valence-corrected chi connectivity index (χ2v) is 9.96. The quantitative estimate of drug-likeness (QED) is 0.255. The highest BCUT2D eigenvalue weighted by molar-refractivity contribution is 14.1. The predicted molar refractivity (Wildman–Crippen MR) is 141 cm³/mol. The zero-order valence-electron chi connectivity index (χ0n) is 19.9. The SMILES string of the molecule is COc1ccc(CN(CC(=O)OC(C)(C)C)c2cc(-c3cnc(N)nc3)nn3c(I)cnc23)cc1. The number of carbonyl (C=O) groups excluding carboxylic acids is 1. The third-order valence-corrected chi connectivity index (χ3v) is 5.72. The first-order valence-electron chi connectivity index (χ1n) is 10.8. The molecule has 3 heterocycles. The third kappa shape index (κ3) is 5.96. The van der Waals surface area contributed by atoms with Crippen LogP contribution in [0.5, 0.6) is 5.75 Å². The Morgan fingerprint density at radius 2 is 1.80 bits per heavy atom. The lowest BCUT2D eigenvalue weighted by Gasteiger charge is -2.27. The van der Waals surface area contributed by atoms with Crippen molar-refractivity contribution in [2.75, 3.05) is 24.3 Å². The number of ether oxygens (including phenoxy) is 2. The number of fused-ring (bicyclic) bond motifs is 1. The number of imidazole rings is 1. The van der Waals surface area contributed by atoms with Crippen molar-refractivity contribution >= 4 is 45.8 Å². The van der Waals surface area contributed by atoms with Gasteiger partial charge in [0.2, 0.25) is 5.95 Å². The highest BCUT2D eigenvalue weighted by atomic mass is 127. The Morgan fingerprint density at radius 1 is 1.11 bits per heavy atom. The first kappa shape index (κ1) is 24.6. The standard InChI is InChI=1S/C24H26IN7O3/c1-24(2,3)35-21(33)14-31(13-15-5-7-17(34-4)8-6-15)19-9-18(16-10-28-23(26)29-11-16)30-32-20(25)12-27-22(19)32/h5-12H,13-14H2,1-4H3,(H2,26,28,29). The van der Waals surface area contributed by atoms with Gasteiger partial charge < -0.3 is 20.1 Å². The molecule has 0 fully saturated rings. The minimum atomic E-state index is -0.606. The lowest BCUT2D eigenvalue weighted by atomic mass is 10.1. The molecule has 0 radical (unpaired) electrons. The molecule has 182 valence electrons. The third-order valence-electron chi connectivity index (χ3n) is 4.99. The van der Waals surface area contributed by atoms with Crippen molar-refractivity contribution in [3.8, 4) is 17.0 Å². The molecule has 35 heavy (non-hydrogen) atoms. The van der Waals surface area contributed by atoms with Crippen LogP contribution in [0.3, 0.4) is 0 Å². The lowest BCUT2D eigenvalue weighted by Crippen LogP contribution is -2.35. The summed E-state index contributed by atoms with van der Waals surface area (Å²) in [6, 6.07) is 9.57. The van der Waals surface area contributed by atoms with Crippen molar-refractivity contribution in [1.82, 2.24) is 24.6 Å². The molecule has 10 nitrogen and oxygen atoms in total. The van der Waals surface area contributed by atoms with Crippen LogP contribution in [0.25, 0.3) is 16.9 Å². The second-order valence-electron chi connectivity index (χ2n) is 8.85. The molecule has 0 amide bonds. The number of esters is 1. The Labute approximate surface area is 216 Å². The van der Waals surface area contributed by atoms with Gasteiger partial charge in [0.05, 0.1) is 24.7 Å². The average molecular weight is 587 g/mol. The normalized spacial score (nSPS) is 11.5. The van der Waals surface area contributed by atoms with Crippen LogP contribution in [0.15, 0.2) is 48.9 Å². The van der Waals surface area contributed by atoms with Gasteiger partial charge in [0.1, 0.15) is 21.6 Å². The van der Waals surface area contributed by atoms with Crippen LogP contribution in [0.4, 0.5) is 11.6 Å². The summed E-state index contributed by atoms with van der Waals surface area (Å²) in [6.07, 6.45) is 4.96. The molecular formula is C24H26IN7O3. The summed E-state index contributed by atoms with van der Waals surface area (Å²) in [5, 5.41) is 4.71. The van der Waals surface area contributed by atoms with Crippen molar-refractivity contribution in [3.05, 3.63) is 58.2 Å². The number of halogens is 1. The molecule has 0 aliphatic heterocycles. The zero-order chi connectivity index (χ0) is 25.2. The fraction of sp³-hybridized carbons (Fsp3) is 0.292. The number of carbonyl (C=O) groups is 1. The minimum Gasteiger partial charge on any atom is -0.497 e. The molecule has 0 bridgehead atoms. The lowest BCUT2D eigenvalue weighted by molar-refractivity contribution is -0.153. The van der Waals surface area contributed by atoms with Crippen LogP contribution < -0.4 is 15.4 Å². The van der Waals surface area contributed by atoms with E-state index in [4.69, 9.17) is 20.3 Å². The minimum absolute atomic E-state index is 0.0179. The van der Waals surface area contributed by atoms with Crippen molar-refractivity contribution in [1.29, 1.82) is 0 Å². The van der Waals surface area contributed by atoms with Crippen molar-refractivity contribution in [2.45, 2.75) is 32.9 Å². The maximum Gasteiger partial charge on any atom is 0.326 e. The molecule has 0 aliphatic carbocycles. The number of methoxy groups -OCH3 is 1. The molecule has 0 aliphatic rings. The highest BCUT2D eigenvalue weighted by Gasteiger charge is 2.23. The van der Waals surface area contributed by atoms with E-state index in [-0.39, 0.29) is 18.5 Å². The number of nitrogens with two attached hydrogens (primary N) is 1. The summed E-state index contributed by atoms with van der Waals surface area (Å²) < 4.78 is 13.5. The van der Waals surface area contributed by atoms with E-state index in [1.807, 2.05) is 56.0 Å². The van der Waals surface area contributed by atoms with E-state index in [0.29, 0.717) is 23.4 Å². The molecule has 3 aromatic heterocycles. The van der Waals surface area contributed by atoms with Gasteiger partial charge in [0.25, 0.3) is 0 Å². The summed E-state index contributed by atoms with van der Waals surface area (Å²) in [5.41, 5.74) is 8.69. The number of hydrogen-bond donors (Lipinski definition) is 1. The van der Waals surface area contributed by atoms with Crippen molar-refractivity contribution in [3.63, 3.8) is 0 Å². The van der Waals surface area contributed by atoms with Gasteiger partial charge in [0.15, 0.2) is 5.65 Å². The monoisotopic (exact) mass is 587 g/mol. The molecule has 0 unspecified atom stereocenters. The molecule has 2 N–H and O–H groups in total. The molecule has 0 atom stereocenters. The maximum absolute atomic E-state index is 12.9. The van der Waals surface area contributed by atoms with Gasteiger partial charge in [0, 0.05) is 24.5 Å². The number of rotatable bonds is 7. The molecule has 4 rings (SSSR count). The summed E-state index contributed by atoms with van der Waals surface area (Å²) in [5.74, 6) is 0.588. The van der Waals surface area contributed by atoms with E-state index in [1.54, 1.807) is 30.2 Å². The molecule has 0 saturated heterocycles. The number of aromatic nitrogens is 5. The summed E-state index contributed by atoms with van der Waals surface area (Å²) in [7, 11) is 1.62. The van der Waals surface area contributed by atoms with Gasteiger partial charge in [-0.25, -0.2) is 19.5 Å². The van der Waals surface area contributed by atoms with Crippen LogP contribution in [0.1, 0.15) is 26.3 Å². The highest BCUT2D eigenvalue weighted by Crippen LogP contribution is 2.29. The van der Waals surface area contributed by atoms with E-state index in [9.17, 15) is 4.79 Å². The van der Waals surface area contributed by atoms with Gasteiger partial charge in [-0.2, -0.15) is 5.10 Å². The van der Waals surface area contributed by atoms with E-state index < -0.39 is 5.60 Å². The smallest absolute Gasteiger partial charge is 0.326 e. The van der Waals surface area contributed by atoms with Gasteiger partial charge in [-0.3, -0.25) is 4.79 Å². The predicted octanol–water partition coefficient (Wildman–Crippen LogP) is 3.73. The first-order chi connectivity index (χ1) is 16.6. The Hall–Kier alpha value is -3.48. The van der Waals surface area contributed by atoms with Gasteiger partial charge in [-0.15, -0.1) is 0 Å². The second kappa shape index (κ2) is 10.0. The maximum atomic E-state index is 12.9. The summed E-state index contributed by atoms with van der Waals surface area (Å²) >= 11 is 2.17. The Kier molecular flexibility index (Phi) is 7.05. The van der Waals surface area contributed by atoms with E-state index >= 15 is 0 Å². The molecular weight excluding hydrogens is 561 g/mol. The fourth-order valence-corrected chi connectivity index (χ4v) is 3.95. The largest absolute Gasteiger partial charge is 0.497 e. The van der Waals surface area contributed by atoms with E-state index in [2.05, 4.69) is 37.5 Å². The van der Waals surface area contributed by atoms with Gasteiger partial charge in [-0.05, 0) is 67.1 Å². The number of nitrogen functional groups attached to an aromatic ring is 1. The number of benzene rings is 1.